The Hall–Kier alpha value is -1.75. The molecular weight excluding hydrogens is 174 g/mol. The SMILES string of the molecule is [C-]#[N+]c1cccc(C2=CCCCO2)c1. The van der Waals surface area contributed by atoms with Crippen LogP contribution in [-0.2, 0) is 4.74 Å². The summed E-state index contributed by atoms with van der Waals surface area (Å²) >= 11 is 0. The fourth-order valence-corrected chi connectivity index (χ4v) is 1.49. The summed E-state index contributed by atoms with van der Waals surface area (Å²) in [6.45, 7) is 7.70. The van der Waals surface area contributed by atoms with Gasteiger partial charge in [-0.1, -0.05) is 18.2 Å². The predicted molar refractivity (Wildman–Crippen MR) is 55.9 cm³/mol. The van der Waals surface area contributed by atoms with Gasteiger partial charge in [0.25, 0.3) is 0 Å². The molecule has 0 N–H and O–H groups in total. The average molecular weight is 185 g/mol. The molecule has 0 radical (unpaired) electrons. The maximum Gasteiger partial charge on any atom is 0.187 e. The third kappa shape index (κ3) is 1.77. The van der Waals surface area contributed by atoms with Crippen molar-refractivity contribution in [3.63, 3.8) is 0 Å². The third-order valence-corrected chi connectivity index (χ3v) is 2.20. The maximum absolute atomic E-state index is 6.92. The summed E-state index contributed by atoms with van der Waals surface area (Å²) in [4.78, 5) is 3.39. The van der Waals surface area contributed by atoms with Crippen molar-refractivity contribution < 1.29 is 4.74 Å². The number of benzene rings is 1. The molecule has 0 unspecified atom stereocenters. The summed E-state index contributed by atoms with van der Waals surface area (Å²) in [7, 11) is 0. The van der Waals surface area contributed by atoms with E-state index in [2.05, 4.69) is 10.9 Å². The normalized spacial score (nSPS) is 15.2. The van der Waals surface area contributed by atoms with E-state index < -0.39 is 0 Å². The van der Waals surface area contributed by atoms with Gasteiger partial charge in [0.15, 0.2) is 5.69 Å². The Bertz CT molecular complexity index is 401. The van der Waals surface area contributed by atoms with Gasteiger partial charge in [-0.05, 0) is 25.0 Å². The van der Waals surface area contributed by atoms with Crippen LogP contribution >= 0.6 is 0 Å². The number of allylic oxidation sites excluding steroid dienone is 1. The smallest absolute Gasteiger partial charge is 0.187 e. The lowest BCUT2D eigenvalue weighted by Gasteiger charge is -2.15. The van der Waals surface area contributed by atoms with E-state index in [0.29, 0.717) is 5.69 Å². The van der Waals surface area contributed by atoms with Gasteiger partial charge in [0.2, 0.25) is 0 Å². The van der Waals surface area contributed by atoms with Gasteiger partial charge in [-0.2, -0.15) is 0 Å². The van der Waals surface area contributed by atoms with E-state index in [9.17, 15) is 0 Å². The summed E-state index contributed by atoms with van der Waals surface area (Å²) < 4.78 is 5.52. The predicted octanol–water partition coefficient (Wildman–Crippen LogP) is 3.39. The van der Waals surface area contributed by atoms with Crippen LogP contribution in [0.4, 0.5) is 5.69 Å². The van der Waals surface area contributed by atoms with Crippen LogP contribution < -0.4 is 0 Å². The fraction of sp³-hybridized carbons (Fsp3) is 0.250. The Kier molecular flexibility index (Phi) is 2.51. The standard InChI is InChI=1S/C12H11NO/c1-13-11-6-4-5-10(9-11)12-7-2-3-8-14-12/h4-7,9H,2-3,8H2. The summed E-state index contributed by atoms with van der Waals surface area (Å²) in [5.74, 6) is 0.918. The molecule has 0 aromatic heterocycles. The lowest BCUT2D eigenvalue weighted by molar-refractivity contribution is 0.259. The van der Waals surface area contributed by atoms with Crippen molar-refractivity contribution in [1.29, 1.82) is 0 Å². The Balaban J connectivity index is 2.32. The second-order valence-corrected chi connectivity index (χ2v) is 3.22. The van der Waals surface area contributed by atoms with Gasteiger partial charge in [-0.15, -0.1) is 0 Å². The van der Waals surface area contributed by atoms with Crippen molar-refractivity contribution in [2.75, 3.05) is 6.61 Å². The Labute approximate surface area is 83.6 Å². The zero-order valence-electron chi connectivity index (χ0n) is 7.86. The molecule has 70 valence electrons. The van der Waals surface area contributed by atoms with Crippen molar-refractivity contribution in [2.24, 2.45) is 0 Å². The molecule has 1 aliphatic heterocycles. The summed E-state index contributed by atoms with van der Waals surface area (Å²) in [5, 5.41) is 0. The van der Waals surface area contributed by atoms with Crippen LogP contribution in [0.5, 0.6) is 0 Å². The third-order valence-electron chi connectivity index (χ3n) is 2.20. The van der Waals surface area contributed by atoms with Gasteiger partial charge >= 0.3 is 0 Å². The molecule has 1 heterocycles. The molecule has 1 aliphatic rings. The lowest BCUT2D eigenvalue weighted by atomic mass is 10.1. The quantitative estimate of drug-likeness (QED) is 0.611. The van der Waals surface area contributed by atoms with Crippen LogP contribution in [0.25, 0.3) is 10.6 Å². The Morgan fingerprint density at radius 1 is 1.36 bits per heavy atom. The minimum Gasteiger partial charge on any atom is -0.493 e. The number of hydrogen-bond acceptors (Lipinski definition) is 1. The minimum atomic E-state index is 0.664. The van der Waals surface area contributed by atoms with E-state index >= 15 is 0 Å². The second kappa shape index (κ2) is 3.97. The van der Waals surface area contributed by atoms with Gasteiger partial charge in [0.05, 0.1) is 13.2 Å². The van der Waals surface area contributed by atoms with Gasteiger partial charge in [-0.25, -0.2) is 4.85 Å². The average Bonchev–Trinajstić information content (AvgIpc) is 2.30. The molecule has 0 saturated carbocycles. The summed E-state index contributed by atoms with van der Waals surface area (Å²) in [5.41, 5.74) is 1.68. The van der Waals surface area contributed by atoms with Crippen molar-refractivity contribution in [1.82, 2.24) is 0 Å². The topological polar surface area (TPSA) is 13.6 Å². The van der Waals surface area contributed by atoms with Crippen molar-refractivity contribution in [3.05, 3.63) is 47.3 Å². The molecule has 1 aromatic rings. The summed E-state index contributed by atoms with van der Waals surface area (Å²) in [6.07, 6.45) is 4.25. The van der Waals surface area contributed by atoms with Crippen LogP contribution in [0.3, 0.4) is 0 Å². The highest BCUT2D eigenvalue weighted by atomic mass is 16.5. The molecule has 0 spiro atoms. The molecule has 2 heteroatoms. The molecule has 0 saturated heterocycles. The molecule has 0 bridgehead atoms. The monoisotopic (exact) mass is 185 g/mol. The minimum absolute atomic E-state index is 0.664. The van der Waals surface area contributed by atoms with Crippen LogP contribution in [0.2, 0.25) is 0 Å². The second-order valence-electron chi connectivity index (χ2n) is 3.22. The van der Waals surface area contributed by atoms with E-state index in [-0.39, 0.29) is 0 Å². The first-order valence-corrected chi connectivity index (χ1v) is 4.71. The number of hydrogen-bond donors (Lipinski definition) is 0. The molecule has 0 atom stereocenters. The first-order chi connectivity index (χ1) is 6.90. The summed E-state index contributed by atoms with van der Waals surface area (Å²) in [6, 6.07) is 7.54. The largest absolute Gasteiger partial charge is 0.493 e. The Morgan fingerprint density at radius 2 is 2.29 bits per heavy atom. The van der Waals surface area contributed by atoms with Crippen molar-refractivity contribution in [2.45, 2.75) is 12.8 Å². The van der Waals surface area contributed by atoms with Gasteiger partial charge in [-0.3, -0.25) is 0 Å². The molecule has 2 nitrogen and oxygen atoms in total. The van der Waals surface area contributed by atoms with Crippen LogP contribution in [0, 0.1) is 6.57 Å². The first kappa shape index (κ1) is 8.83. The molecule has 14 heavy (non-hydrogen) atoms. The van der Waals surface area contributed by atoms with Crippen molar-refractivity contribution >= 4 is 11.4 Å². The highest BCUT2D eigenvalue weighted by Gasteiger charge is 2.06. The van der Waals surface area contributed by atoms with E-state index in [1.54, 1.807) is 6.07 Å². The molecule has 0 fully saturated rings. The van der Waals surface area contributed by atoms with Gasteiger partial charge < -0.3 is 4.74 Å². The molecule has 2 rings (SSSR count). The molecular formula is C12H11NO. The number of nitrogens with zero attached hydrogens (tertiary/aromatic N) is 1. The van der Waals surface area contributed by atoms with E-state index in [1.165, 1.54) is 0 Å². The molecule has 1 aromatic carbocycles. The van der Waals surface area contributed by atoms with Gasteiger partial charge in [0, 0.05) is 5.56 Å². The molecule has 0 aliphatic carbocycles. The zero-order chi connectivity index (χ0) is 9.80. The first-order valence-electron chi connectivity index (χ1n) is 4.71. The number of rotatable bonds is 1. The fourth-order valence-electron chi connectivity index (χ4n) is 1.49. The van der Waals surface area contributed by atoms with E-state index in [1.807, 2.05) is 18.2 Å². The van der Waals surface area contributed by atoms with Gasteiger partial charge in [0.1, 0.15) is 5.76 Å². The Morgan fingerprint density at radius 3 is 3.00 bits per heavy atom. The number of ether oxygens (including phenoxy) is 1. The van der Waals surface area contributed by atoms with Crippen molar-refractivity contribution in [3.8, 4) is 0 Å². The van der Waals surface area contributed by atoms with E-state index in [4.69, 9.17) is 11.3 Å². The van der Waals surface area contributed by atoms with Crippen LogP contribution in [0.15, 0.2) is 30.3 Å². The highest BCUT2D eigenvalue weighted by molar-refractivity contribution is 5.64. The van der Waals surface area contributed by atoms with Crippen LogP contribution in [0.1, 0.15) is 18.4 Å². The maximum atomic E-state index is 6.92. The lowest BCUT2D eigenvalue weighted by Crippen LogP contribution is -1.99. The van der Waals surface area contributed by atoms with E-state index in [0.717, 1.165) is 30.8 Å². The zero-order valence-corrected chi connectivity index (χ0v) is 7.86. The van der Waals surface area contributed by atoms with Crippen LogP contribution in [-0.4, -0.2) is 6.61 Å². The molecule has 0 amide bonds. The highest BCUT2D eigenvalue weighted by Crippen LogP contribution is 2.24.